The molecular weight excluding hydrogens is 421 g/mol. The van der Waals surface area contributed by atoms with Crippen molar-refractivity contribution in [3.63, 3.8) is 0 Å². The molecule has 0 spiro atoms. The lowest BCUT2D eigenvalue weighted by atomic mass is 9.95. The predicted molar refractivity (Wildman–Crippen MR) is 107 cm³/mol. The van der Waals surface area contributed by atoms with Gasteiger partial charge in [-0.1, -0.05) is 25.4 Å². The van der Waals surface area contributed by atoms with Crippen molar-refractivity contribution in [3.8, 4) is 0 Å². The van der Waals surface area contributed by atoms with E-state index < -0.39 is 11.7 Å². The van der Waals surface area contributed by atoms with Crippen LogP contribution in [0, 0.1) is 11.8 Å². The number of carbonyl (C=O) groups excluding carboxylic acids is 2. The third-order valence-electron chi connectivity index (χ3n) is 5.62. The molecule has 0 unspecified atom stereocenters. The van der Waals surface area contributed by atoms with E-state index in [1.807, 2.05) is 13.8 Å². The van der Waals surface area contributed by atoms with E-state index in [9.17, 15) is 22.8 Å². The monoisotopic (exact) mass is 446 g/mol. The first-order valence-electron chi connectivity index (χ1n) is 10.1. The zero-order valence-electron chi connectivity index (χ0n) is 17.1. The standard InChI is InChI=1S/C20H26ClF3N4O2/c1-13(2)18(29)28-5-3-4-14(12-28)19(30)27-8-6-26(7-9-27)17-16(21)10-15(11-25-17)20(22,23)24/h10-11,13-14H,3-9,12H2,1-2H3/t14-/m0/s1. The van der Waals surface area contributed by atoms with Crippen LogP contribution in [0.3, 0.4) is 0 Å². The SMILES string of the molecule is CC(C)C(=O)N1CCC[C@H](C(=O)N2CCN(c3ncc(C(F)(F)F)cc3Cl)CC2)C1. The topological polar surface area (TPSA) is 56.8 Å². The van der Waals surface area contributed by atoms with Gasteiger partial charge in [0.15, 0.2) is 0 Å². The number of nitrogens with zero attached hydrogens (tertiary/aromatic N) is 4. The lowest BCUT2D eigenvalue weighted by Gasteiger charge is -2.39. The summed E-state index contributed by atoms with van der Waals surface area (Å²) in [5, 5.41) is -0.0558. The van der Waals surface area contributed by atoms with E-state index in [4.69, 9.17) is 11.6 Å². The van der Waals surface area contributed by atoms with E-state index in [0.717, 1.165) is 25.1 Å². The molecule has 1 aromatic heterocycles. The molecule has 166 valence electrons. The summed E-state index contributed by atoms with van der Waals surface area (Å²) in [6.45, 7) is 6.59. The molecule has 0 radical (unpaired) electrons. The Balaban J connectivity index is 1.59. The number of piperidine rings is 1. The number of halogens is 4. The molecule has 0 aromatic carbocycles. The predicted octanol–water partition coefficient (Wildman–Crippen LogP) is 3.30. The van der Waals surface area contributed by atoms with E-state index in [0.29, 0.717) is 45.1 Å². The molecule has 2 saturated heterocycles. The zero-order valence-corrected chi connectivity index (χ0v) is 17.8. The Morgan fingerprint density at radius 2 is 1.80 bits per heavy atom. The summed E-state index contributed by atoms with van der Waals surface area (Å²) in [6.07, 6.45) is -2.15. The van der Waals surface area contributed by atoms with Crippen LogP contribution in [0.2, 0.25) is 5.02 Å². The lowest BCUT2D eigenvalue weighted by molar-refractivity contribution is -0.142. The molecule has 2 fully saturated rings. The molecule has 1 aromatic rings. The largest absolute Gasteiger partial charge is 0.417 e. The number of aromatic nitrogens is 1. The van der Waals surface area contributed by atoms with Gasteiger partial charge in [-0.25, -0.2) is 4.98 Å². The van der Waals surface area contributed by atoms with Gasteiger partial charge in [-0.2, -0.15) is 13.2 Å². The number of hydrogen-bond donors (Lipinski definition) is 0. The van der Waals surface area contributed by atoms with Gasteiger partial charge in [0.1, 0.15) is 5.82 Å². The van der Waals surface area contributed by atoms with Gasteiger partial charge in [0.05, 0.1) is 16.5 Å². The van der Waals surface area contributed by atoms with Crippen LogP contribution in [0.15, 0.2) is 12.3 Å². The minimum absolute atomic E-state index is 0.0300. The molecule has 0 bridgehead atoms. The van der Waals surface area contributed by atoms with E-state index in [1.54, 1.807) is 14.7 Å². The van der Waals surface area contributed by atoms with E-state index >= 15 is 0 Å². The second-order valence-corrected chi connectivity index (χ2v) is 8.52. The molecule has 6 nitrogen and oxygen atoms in total. The van der Waals surface area contributed by atoms with E-state index in [1.165, 1.54) is 0 Å². The number of piperazine rings is 1. The molecule has 10 heteroatoms. The second-order valence-electron chi connectivity index (χ2n) is 8.12. The fraction of sp³-hybridized carbons (Fsp3) is 0.650. The average Bonchev–Trinajstić information content (AvgIpc) is 2.72. The Bertz CT molecular complexity index is 795. The van der Waals surface area contributed by atoms with E-state index in [2.05, 4.69) is 4.98 Å². The highest BCUT2D eigenvalue weighted by Gasteiger charge is 2.35. The van der Waals surface area contributed by atoms with E-state index in [-0.39, 0.29) is 28.7 Å². The van der Waals surface area contributed by atoms with Gasteiger partial charge in [0, 0.05) is 51.4 Å². The van der Waals surface area contributed by atoms with Crippen LogP contribution < -0.4 is 4.90 Å². The highest BCUT2D eigenvalue weighted by atomic mass is 35.5. The maximum absolute atomic E-state index is 13.0. The molecule has 2 amide bonds. The first-order chi connectivity index (χ1) is 14.1. The van der Waals surface area contributed by atoms with Crippen LogP contribution >= 0.6 is 11.6 Å². The molecular formula is C20H26ClF3N4O2. The summed E-state index contributed by atoms with van der Waals surface area (Å²) in [7, 11) is 0. The summed E-state index contributed by atoms with van der Waals surface area (Å²) in [4.78, 5) is 34.5. The summed E-state index contributed by atoms with van der Waals surface area (Å²) in [6, 6.07) is 0.879. The molecule has 1 atom stereocenters. The fourth-order valence-electron chi connectivity index (χ4n) is 3.96. The van der Waals surface area contributed by atoms with Gasteiger partial charge in [-0.3, -0.25) is 9.59 Å². The van der Waals surface area contributed by atoms with Crippen LogP contribution in [0.5, 0.6) is 0 Å². The van der Waals surface area contributed by atoms with Crippen molar-refractivity contribution >= 4 is 29.2 Å². The summed E-state index contributed by atoms with van der Waals surface area (Å²) in [5.41, 5.74) is -0.886. The van der Waals surface area contributed by atoms with Crippen molar-refractivity contribution < 1.29 is 22.8 Å². The van der Waals surface area contributed by atoms with Gasteiger partial charge in [0.2, 0.25) is 11.8 Å². The van der Waals surface area contributed by atoms with Gasteiger partial charge in [-0.05, 0) is 18.9 Å². The molecule has 30 heavy (non-hydrogen) atoms. The first kappa shape index (κ1) is 22.7. The molecule has 2 aliphatic rings. The van der Waals surface area contributed by atoms with Crippen molar-refractivity contribution in [3.05, 3.63) is 22.8 Å². The van der Waals surface area contributed by atoms with Gasteiger partial charge in [0.25, 0.3) is 0 Å². The Kier molecular flexibility index (Phi) is 6.79. The van der Waals surface area contributed by atoms with Crippen LogP contribution in [0.4, 0.5) is 19.0 Å². The van der Waals surface area contributed by atoms with Gasteiger partial charge in [-0.15, -0.1) is 0 Å². The smallest absolute Gasteiger partial charge is 0.352 e. The Labute approximate surface area is 179 Å². The number of amides is 2. The zero-order chi connectivity index (χ0) is 22.1. The molecule has 0 saturated carbocycles. The molecule has 0 N–H and O–H groups in total. The Hall–Kier alpha value is -2.03. The quantitative estimate of drug-likeness (QED) is 0.715. The van der Waals surface area contributed by atoms with Crippen molar-refractivity contribution in [2.24, 2.45) is 11.8 Å². The summed E-state index contributed by atoms with van der Waals surface area (Å²) in [5.74, 6) is 0.0926. The maximum Gasteiger partial charge on any atom is 0.417 e. The van der Waals surface area contributed by atoms with Gasteiger partial charge < -0.3 is 14.7 Å². The summed E-state index contributed by atoms with van der Waals surface area (Å²) < 4.78 is 38.4. The van der Waals surface area contributed by atoms with Crippen molar-refractivity contribution in [1.82, 2.24) is 14.8 Å². The molecule has 0 aliphatic carbocycles. The minimum Gasteiger partial charge on any atom is -0.352 e. The first-order valence-corrected chi connectivity index (χ1v) is 10.5. The third-order valence-corrected chi connectivity index (χ3v) is 5.89. The Morgan fingerprint density at radius 3 is 2.37 bits per heavy atom. The lowest BCUT2D eigenvalue weighted by Crippen LogP contribution is -2.53. The third kappa shape index (κ3) is 4.99. The number of pyridine rings is 1. The van der Waals surface area contributed by atoms with Crippen LogP contribution in [-0.2, 0) is 15.8 Å². The summed E-state index contributed by atoms with van der Waals surface area (Å²) >= 11 is 6.04. The second kappa shape index (κ2) is 8.99. The molecule has 3 heterocycles. The van der Waals surface area contributed by atoms with Gasteiger partial charge >= 0.3 is 6.18 Å². The van der Waals surface area contributed by atoms with Crippen LogP contribution in [0.1, 0.15) is 32.3 Å². The van der Waals surface area contributed by atoms with Crippen molar-refractivity contribution in [1.29, 1.82) is 0 Å². The maximum atomic E-state index is 13.0. The van der Waals surface area contributed by atoms with Crippen molar-refractivity contribution in [2.75, 3.05) is 44.2 Å². The highest BCUT2D eigenvalue weighted by Crippen LogP contribution is 2.34. The fourth-order valence-corrected chi connectivity index (χ4v) is 4.25. The molecule has 2 aliphatic heterocycles. The van der Waals surface area contributed by atoms with Crippen molar-refractivity contribution in [2.45, 2.75) is 32.9 Å². The highest BCUT2D eigenvalue weighted by molar-refractivity contribution is 6.33. The molecule has 3 rings (SSSR count). The number of anilines is 1. The van der Waals surface area contributed by atoms with Crippen LogP contribution in [-0.4, -0.2) is 65.9 Å². The number of rotatable bonds is 3. The number of likely N-dealkylation sites (tertiary alicyclic amines) is 1. The number of alkyl halides is 3. The minimum atomic E-state index is -4.49. The number of hydrogen-bond acceptors (Lipinski definition) is 4. The average molecular weight is 447 g/mol. The van der Waals surface area contributed by atoms with Crippen LogP contribution in [0.25, 0.3) is 0 Å². The normalized spacial score (nSPS) is 20.6. The number of carbonyl (C=O) groups is 2. The Morgan fingerprint density at radius 1 is 1.13 bits per heavy atom.